The van der Waals surface area contributed by atoms with Gasteiger partial charge in [-0.25, -0.2) is 0 Å². The third-order valence-electron chi connectivity index (χ3n) is 2.22. The Morgan fingerprint density at radius 3 is 2.87 bits per heavy atom. The Labute approximate surface area is 88.7 Å². The molecule has 2 N–H and O–H groups in total. The van der Waals surface area contributed by atoms with Crippen LogP contribution >= 0.6 is 0 Å². The van der Waals surface area contributed by atoms with E-state index < -0.39 is 0 Å². The van der Waals surface area contributed by atoms with Crippen molar-refractivity contribution in [2.24, 2.45) is 10.9 Å². The molecule has 1 aliphatic rings. The molecule has 0 fully saturated rings. The number of rotatable bonds is 3. The van der Waals surface area contributed by atoms with Crippen LogP contribution in [0.2, 0.25) is 0 Å². The fraction of sp³-hybridized carbons (Fsp3) is 0.364. The average Bonchev–Trinajstić information content (AvgIpc) is 2.76. The second-order valence-corrected chi connectivity index (χ2v) is 3.43. The summed E-state index contributed by atoms with van der Waals surface area (Å²) in [6, 6.07) is 9.96. The lowest BCUT2D eigenvalue weighted by Crippen LogP contribution is -2.20. The molecule has 1 aliphatic heterocycles. The summed E-state index contributed by atoms with van der Waals surface area (Å²) in [6.07, 6.45) is 0.652. The van der Waals surface area contributed by atoms with E-state index >= 15 is 0 Å². The van der Waals surface area contributed by atoms with Crippen LogP contribution in [0.1, 0.15) is 12.0 Å². The summed E-state index contributed by atoms with van der Waals surface area (Å²) in [5.41, 5.74) is 6.57. The van der Waals surface area contributed by atoms with Gasteiger partial charge in [-0.15, -0.1) is 0 Å². The fourth-order valence-electron chi connectivity index (χ4n) is 1.36. The Hall–Kier alpha value is -1.55. The number of benzene rings is 1. The number of nitrogens with zero attached hydrogens (tertiary/aromatic N) is 1. The second-order valence-electron chi connectivity index (χ2n) is 3.43. The summed E-state index contributed by atoms with van der Waals surface area (Å²) >= 11 is 0. The van der Waals surface area contributed by atoms with Crippen LogP contribution in [0.25, 0.3) is 0 Å². The van der Waals surface area contributed by atoms with Crippen molar-refractivity contribution in [3.8, 4) is 0 Å². The van der Waals surface area contributed by atoms with E-state index in [4.69, 9.17) is 15.3 Å². The predicted molar refractivity (Wildman–Crippen MR) is 57.2 cm³/mol. The van der Waals surface area contributed by atoms with Gasteiger partial charge in [-0.3, -0.25) is 0 Å². The Morgan fingerprint density at radius 2 is 2.20 bits per heavy atom. The van der Waals surface area contributed by atoms with Gasteiger partial charge in [0.05, 0.1) is 6.42 Å². The van der Waals surface area contributed by atoms with Gasteiger partial charge in [0, 0.05) is 6.54 Å². The molecule has 1 aromatic rings. The summed E-state index contributed by atoms with van der Waals surface area (Å²) < 4.78 is 5.49. The summed E-state index contributed by atoms with van der Waals surface area (Å²) in [5, 5.41) is 3.82. The fourth-order valence-corrected chi connectivity index (χ4v) is 1.36. The molecule has 4 heteroatoms. The number of ether oxygens (including phenoxy) is 1. The third-order valence-corrected chi connectivity index (χ3v) is 2.22. The molecule has 0 aromatic heterocycles. The molecular formula is C11H14N2O2. The van der Waals surface area contributed by atoms with Crippen molar-refractivity contribution in [1.82, 2.24) is 0 Å². The van der Waals surface area contributed by atoms with Crippen molar-refractivity contribution in [2.45, 2.75) is 19.1 Å². The maximum absolute atomic E-state index is 5.49. The van der Waals surface area contributed by atoms with Crippen molar-refractivity contribution < 1.29 is 9.57 Å². The summed E-state index contributed by atoms with van der Waals surface area (Å²) in [6.45, 7) is 1.00. The SMILES string of the molecule is NCC1CC(OCc2ccccc2)=NO1. The normalized spacial score (nSPS) is 19.5. The summed E-state index contributed by atoms with van der Waals surface area (Å²) in [7, 11) is 0. The minimum Gasteiger partial charge on any atom is -0.474 e. The van der Waals surface area contributed by atoms with Gasteiger partial charge < -0.3 is 15.3 Å². The van der Waals surface area contributed by atoms with E-state index in [9.17, 15) is 0 Å². The number of hydrogen-bond acceptors (Lipinski definition) is 4. The molecule has 0 aliphatic carbocycles. The standard InChI is InChI=1S/C11H14N2O2/c12-7-10-6-11(13-15-10)14-8-9-4-2-1-3-5-9/h1-5,10H,6-8,12H2. The van der Waals surface area contributed by atoms with E-state index in [0.717, 1.165) is 5.56 Å². The zero-order valence-electron chi connectivity index (χ0n) is 8.43. The van der Waals surface area contributed by atoms with E-state index in [0.29, 0.717) is 25.5 Å². The predicted octanol–water partition coefficient (Wildman–Crippen LogP) is 1.26. The van der Waals surface area contributed by atoms with E-state index in [1.807, 2.05) is 30.3 Å². The van der Waals surface area contributed by atoms with Gasteiger partial charge in [0.2, 0.25) is 5.90 Å². The maximum Gasteiger partial charge on any atom is 0.229 e. The Balaban J connectivity index is 1.80. The lowest BCUT2D eigenvalue weighted by atomic mass is 10.2. The minimum atomic E-state index is -0.0178. The molecule has 2 rings (SSSR count). The number of nitrogens with two attached hydrogens (primary N) is 1. The average molecular weight is 206 g/mol. The molecule has 1 atom stereocenters. The van der Waals surface area contributed by atoms with Crippen LogP contribution in [0, 0.1) is 0 Å². The van der Waals surface area contributed by atoms with E-state index in [-0.39, 0.29) is 6.10 Å². The lowest BCUT2D eigenvalue weighted by Gasteiger charge is -2.04. The zero-order chi connectivity index (χ0) is 10.5. The van der Waals surface area contributed by atoms with Gasteiger partial charge in [-0.05, 0) is 5.56 Å². The second kappa shape index (κ2) is 4.79. The van der Waals surface area contributed by atoms with Gasteiger partial charge >= 0.3 is 0 Å². The monoisotopic (exact) mass is 206 g/mol. The van der Waals surface area contributed by atoms with Crippen molar-refractivity contribution in [2.75, 3.05) is 6.54 Å². The third kappa shape index (κ3) is 2.70. The molecule has 1 unspecified atom stereocenters. The van der Waals surface area contributed by atoms with Crippen LogP contribution in [0.4, 0.5) is 0 Å². The summed E-state index contributed by atoms with van der Waals surface area (Å²) in [4.78, 5) is 5.04. The minimum absolute atomic E-state index is 0.0178. The van der Waals surface area contributed by atoms with Crippen LogP contribution in [0.3, 0.4) is 0 Å². The van der Waals surface area contributed by atoms with Crippen molar-refractivity contribution in [3.05, 3.63) is 35.9 Å². The van der Waals surface area contributed by atoms with Gasteiger partial charge in [-0.1, -0.05) is 35.5 Å². The molecule has 0 amide bonds. The lowest BCUT2D eigenvalue weighted by molar-refractivity contribution is 0.0913. The first-order valence-electron chi connectivity index (χ1n) is 4.98. The van der Waals surface area contributed by atoms with Crippen molar-refractivity contribution in [3.63, 3.8) is 0 Å². The van der Waals surface area contributed by atoms with Crippen LogP contribution in [0.15, 0.2) is 35.5 Å². The molecule has 0 saturated heterocycles. The highest BCUT2D eigenvalue weighted by Crippen LogP contribution is 2.11. The van der Waals surface area contributed by atoms with E-state index in [2.05, 4.69) is 5.16 Å². The molecule has 1 aromatic carbocycles. The van der Waals surface area contributed by atoms with Crippen LogP contribution < -0.4 is 5.73 Å². The van der Waals surface area contributed by atoms with Gasteiger partial charge in [0.25, 0.3) is 0 Å². The van der Waals surface area contributed by atoms with E-state index in [1.54, 1.807) is 0 Å². The molecule has 80 valence electrons. The molecule has 0 radical (unpaired) electrons. The molecule has 0 spiro atoms. The van der Waals surface area contributed by atoms with Gasteiger partial charge in [0.1, 0.15) is 12.7 Å². The van der Waals surface area contributed by atoms with Gasteiger partial charge in [0.15, 0.2) is 0 Å². The highest BCUT2D eigenvalue weighted by atomic mass is 16.7. The van der Waals surface area contributed by atoms with Crippen LogP contribution in [0.5, 0.6) is 0 Å². The van der Waals surface area contributed by atoms with Crippen molar-refractivity contribution >= 4 is 5.90 Å². The quantitative estimate of drug-likeness (QED) is 0.810. The Bertz CT molecular complexity index is 338. The molecule has 1 heterocycles. The first-order chi connectivity index (χ1) is 7.38. The first-order valence-corrected chi connectivity index (χ1v) is 4.98. The number of oxime groups is 1. The van der Waals surface area contributed by atoms with E-state index in [1.165, 1.54) is 0 Å². The molecule has 4 nitrogen and oxygen atoms in total. The zero-order valence-corrected chi connectivity index (χ0v) is 8.43. The highest BCUT2D eigenvalue weighted by molar-refractivity contribution is 5.77. The highest BCUT2D eigenvalue weighted by Gasteiger charge is 2.20. The molecule has 0 bridgehead atoms. The molecular weight excluding hydrogens is 192 g/mol. The topological polar surface area (TPSA) is 56.8 Å². The first kappa shape index (κ1) is 9.98. The molecule has 0 saturated carbocycles. The van der Waals surface area contributed by atoms with Crippen LogP contribution in [-0.4, -0.2) is 18.5 Å². The smallest absolute Gasteiger partial charge is 0.229 e. The van der Waals surface area contributed by atoms with Gasteiger partial charge in [-0.2, -0.15) is 0 Å². The molecule has 15 heavy (non-hydrogen) atoms. The maximum atomic E-state index is 5.49. The number of hydrogen-bond donors (Lipinski definition) is 1. The van der Waals surface area contributed by atoms with Crippen LogP contribution in [-0.2, 0) is 16.2 Å². The van der Waals surface area contributed by atoms with Crippen molar-refractivity contribution in [1.29, 1.82) is 0 Å². The summed E-state index contributed by atoms with van der Waals surface area (Å²) in [5.74, 6) is 0.634. The largest absolute Gasteiger partial charge is 0.474 e. The Kier molecular flexibility index (Phi) is 3.19. The Morgan fingerprint density at radius 1 is 1.40 bits per heavy atom.